The van der Waals surface area contributed by atoms with Crippen molar-refractivity contribution in [1.29, 1.82) is 0 Å². The second-order valence-electron chi connectivity index (χ2n) is 3.98. The van der Waals surface area contributed by atoms with E-state index in [1.807, 2.05) is 36.4 Å². The van der Waals surface area contributed by atoms with Gasteiger partial charge in [0.05, 0.1) is 21.9 Å². The smallest absolute Gasteiger partial charge is 0.116 e. The summed E-state index contributed by atoms with van der Waals surface area (Å²) in [6, 6.07) is 13.5. The first kappa shape index (κ1) is 11.0. The van der Waals surface area contributed by atoms with Crippen LogP contribution < -0.4 is 5.73 Å². The van der Waals surface area contributed by atoms with Crippen LogP contribution in [-0.2, 0) is 0 Å². The van der Waals surface area contributed by atoms with Crippen molar-refractivity contribution in [2.45, 2.75) is 0 Å². The average Bonchev–Trinajstić information content (AvgIpc) is 2.40. The Morgan fingerprint density at radius 3 is 2.56 bits per heavy atom. The number of hydrogen-bond donors (Lipinski definition) is 1. The Kier molecular flexibility index (Phi) is 2.61. The van der Waals surface area contributed by atoms with Crippen molar-refractivity contribution in [3.05, 3.63) is 53.8 Å². The number of fused-ring (bicyclic) bond motifs is 1. The zero-order valence-electron chi connectivity index (χ0n) is 9.47. The Hall–Kier alpha value is -2.13. The molecule has 0 spiro atoms. The third-order valence-corrected chi connectivity index (χ3v) is 3.13. The van der Waals surface area contributed by atoms with Gasteiger partial charge in [-0.15, -0.1) is 0 Å². The summed E-state index contributed by atoms with van der Waals surface area (Å²) >= 11 is 6.07. The van der Waals surface area contributed by atoms with Gasteiger partial charge in [-0.25, -0.2) is 9.97 Å². The van der Waals surface area contributed by atoms with E-state index in [0.29, 0.717) is 10.7 Å². The molecule has 2 aromatic carbocycles. The van der Waals surface area contributed by atoms with Gasteiger partial charge in [0.1, 0.15) is 6.33 Å². The lowest BCUT2D eigenvalue weighted by atomic mass is 10.1. The summed E-state index contributed by atoms with van der Waals surface area (Å²) in [7, 11) is 0. The quantitative estimate of drug-likeness (QED) is 0.677. The van der Waals surface area contributed by atoms with E-state index < -0.39 is 0 Å². The van der Waals surface area contributed by atoms with Crippen LogP contribution in [0.5, 0.6) is 0 Å². The standard InChI is InChI=1S/C14H10ClN3/c15-11-6-10-13(7-12(11)16)17-8-18-14(10)9-4-2-1-3-5-9/h1-8H,16H2. The fourth-order valence-electron chi connectivity index (χ4n) is 1.92. The lowest BCUT2D eigenvalue weighted by molar-refractivity contribution is 1.22. The van der Waals surface area contributed by atoms with Crippen molar-refractivity contribution in [2.75, 3.05) is 5.73 Å². The number of rotatable bonds is 1. The molecule has 0 unspecified atom stereocenters. The average molecular weight is 256 g/mol. The van der Waals surface area contributed by atoms with Gasteiger partial charge in [0, 0.05) is 10.9 Å². The number of nitrogens with two attached hydrogens (primary N) is 1. The van der Waals surface area contributed by atoms with Crippen molar-refractivity contribution < 1.29 is 0 Å². The Bertz CT molecular complexity index is 711. The first-order chi connectivity index (χ1) is 8.75. The van der Waals surface area contributed by atoms with Gasteiger partial charge in [-0.3, -0.25) is 0 Å². The zero-order valence-corrected chi connectivity index (χ0v) is 10.2. The number of anilines is 1. The van der Waals surface area contributed by atoms with Gasteiger partial charge in [-0.2, -0.15) is 0 Å². The van der Waals surface area contributed by atoms with Crippen LogP contribution in [0.1, 0.15) is 0 Å². The first-order valence-corrected chi connectivity index (χ1v) is 5.88. The molecule has 0 saturated heterocycles. The third-order valence-electron chi connectivity index (χ3n) is 2.80. The van der Waals surface area contributed by atoms with Crippen molar-refractivity contribution >= 4 is 28.2 Å². The third kappa shape index (κ3) is 1.79. The number of nitrogens with zero attached hydrogens (tertiary/aromatic N) is 2. The maximum absolute atomic E-state index is 6.07. The van der Waals surface area contributed by atoms with Gasteiger partial charge >= 0.3 is 0 Å². The molecule has 1 heterocycles. The van der Waals surface area contributed by atoms with Crippen LogP contribution in [0, 0.1) is 0 Å². The first-order valence-electron chi connectivity index (χ1n) is 5.51. The molecule has 0 aliphatic carbocycles. The second kappa shape index (κ2) is 4.27. The predicted octanol–water partition coefficient (Wildman–Crippen LogP) is 3.53. The largest absolute Gasteiger partial charge is 0.397 e. The monoisotopic (exact) mass is 255 g/mol. The van der Waals surface area contributed by atoms with E-state index in [1.165, 1.54) is 6.33 Å². The highest BCUT2D eigenvalue weighted by atomic mass is 35.5. The highest BCUT2D eigenvalue weighted by molar-refractivity contribution is 6.34. The van der Waals surface area contributed by atoms with Gasteiger partial charge < -0.3 is 5.73 Å². The molecule has 4 heteroatoms. The molecule has 0 radical (unpaired) electrons. The number of hydrogen-bond acceptors (Lipinski definition) is 3. The minimum absolute atomic E-state index is 0.523. The summed E-state index contributed by atoms with van der Waals surface area (Å²) in [6.07, 6.45) is 1.54. The highest BCUT2D eigenvalue weighted by Gasteiger charge is 2.08. The minimum atomic E-state index is 0.523. The van der Waals surface area contributed by atoms with Crippen LogP contribution in [0.4, 0.5) is 5.69 Å². The van der Waals surface area contributed by atoms with Crippen LogP contribution in [0.2, 0.25) is 5.02 Å². The molecule has 2 N–H and O–H groups in total. The van der Waals surface area contributed by atoms with Crippen LogP contribution in [-0.4, -0.2) is 9.97 Å². The molecule has 3 nitrogen and oxygen atoms in total. The van der Waals surface area contributed by atoms with Crippen molar-refractivity contribution in [1.82, 2.24) is 9.97 Å². The van der Waals surface area contributed by atoms with E-state index in [1.54, 1.807) is 6.07 Å². The second-order valence-corrected chi connectivity index (χ2v) is 4.39. The van der Waals surface area contributed by atoms with E-state index in [-0.39, 0.29) is 0 Å². The number of nitrogen functional groups attached to an aromatic ring is 1. The minimum Gasteiger partial charge on any atom is -0.397 e. The van der Waals surface area contributed by atoms with Gasteiger partial charge in [0.15, 0.2) is 0 Å². The molecular formula is C14H10ClN3. The summed E-state index contributed by atoms with van der Waals surface area (Å²) in [5, 5.41) is 1.43. The molecule has 0 saturated carbocycles. The van der Waals surface area contributed by atoms with Crippen LogP contribution in [0.3, 0.4) is 0 Å². The Balaban J connectivity index is 2.34. The predicted molar refractivity (Wildman–Crippen MR) is 74.4 cm³/mol. The summed E-state index contributed by atoms with van der Waals surface area (Å²) < 4.78 is 0. The highest BCUT2D eigenvalue weighted by Crippen LogP contribution is 2.30. The molecule has 1 aromatic heterocycles. The maximum Gasteiger partial charge on any atom is 0.116 e. The number of benzene rings is 2. The molecule has 0 amide bonds. The van der Waals surface area contributed by atoms with Gasteiger partial charge in [-0.1, -0.05) is 41.9 Å². The Morgan fingerprint density at radius 1 is 1.00 bits per heavy atom. The summed E-state index contributed by atoms with van der Waals surface area (Å²) in [5.41, 5.74) is 9.01. The molecule has 18 heavy (non-hydrogen) atoms. The number of halogens is 1. The molecule has 0 bridgehead atoms. The van der Waals surface area contributed by atoms with Crippen molar-refractivity contribution in [3.8, 4) is 11.3 Å². The topological polar surface area (TPSA) is 51.8 Å². The lowest BCUT2D eigenvalue weighted by Crippen LogP contribution is -1.92. The van der Waals surface area contributed by atoms with Crippen molar-refractivity contribution in [3.63, 3.8) is 0 Å². The molecule has 0 aliphatic heterocycles. The molecule has 3 aromatic rings. The number of aromatic nitrogens is 2. The lowest BCUT2D eigenvalue weighted by Gasteiger charge is -2.06. The fourth-order valence-corrected chi connectivity index (χ4v) is 2.08. The van der Waals surface area contributed by atoms with E-state index in [9.17, 15) is 0 Å². The molecule has 3 rings (SSSR count). The van der Waals surface area contributed by atoms with E-state index >= 15 is 0 Å². The Morgan fingerprint density at radius 2 is 1.78 bits per heavy atom. The van der Waals surface area contributed by atoms with Gasteiger partial charge in [0.2, 0.25) is 0 Å². The zero-order chi connectivity index (χ0) is 12.5. The van der Waals surface area contributed by atoms with Crippen LogP contribution in [0.25, 0.3) is 22.2 Å². The molecule has 0 fully saturated rings. The molecular weight excluding hydrogens is 246 g/mol. The van der Waals surface area contributed by atoms with Crippen LogP contribution >= 0.6 is 11.6 Å². The summed E-state index contributed by atoms with van der Waals surface area (Å²) in [6.45, 7) is 0. The maximum atomic E-state index is 6.07. The normalized spacial score (nSPS) is 10.7. The molecule has 0 atom stereocenters. The van der Waals surface area contributed by atoms with Crippen molar-refractivity contribution in [2.24, 2.45) is 0 Å². The fraction of sp³-hybridized carbons (Fsp3) is 0. The van der Waals surface area contributed by atoms with Crippen LogP contribution in [0.15, 0.2) is 48.8 Å². The van der Waals surface area contributed by atoms with Gasteiger partial charge in [-0.05, 0) is 12.1 Å². The Labute approximate surface area is 109 Å². The summed E-state index contributed by atoms with van der Waals surface area (Å²) in [5.74, 6) is 0. The summed E-state index contributed by atoms with van der Waals surface area (Å²) in [4.78, 5) is 8.56. The molecule has 0 aliphatic rings. The van der Waals surface area contributed by atoms with E-state index in [0.717, 1.165) is 22.2 Å². The van der Waals surface area contributed by atoms with E-state index in [4.69, 9.17) is 17.3 Å². The van der Waals surface area contributed by atoms with E-state index in [2.05, 4.69) is 9.97 Å². The SMILES string of the molecule is Nc1cc2ncnc(-c3ccccc3)c2cc1Cl. The molecule has 88 valence electrons. The van der Waals surface area contributed by atoms with Gasteiger partial charge in [0.25, 0.3) is 0 Å².